The lowest BCUT2D eigenvalue weighted by atomic mass is 9.87. The predicted molar refractivity (Wildman–Crippen MR) is 76.6 cm³/mol. The fourth-order valence-corrected chi connectivity index (χ4v) is 2.16. The number of hydrogen-bond donors (Lipinski definition) is 1. The van der Waals surface area contributed by atoms with Crippen molar-refractivity contribution in [2.75, 3.05) is 25.0 Å². The molecule has 1 aromatic rings. The fourth-order valence-electron chi connectivity index (χ4n) is 2.16. The third kappa shape index (κ3) is 3.74. The van der Waals surface area contributed by atoms with E-state index in [1.165, 1.54) is 16.8 Å². The maximum atomic E-state index is 5.88. The Morgan fingerprint density at radius 3 is 2.12 bits per heavy atom. The Hall–Kier alpha value is -1.02. The molecule has 2 nitrogen and oxygen atoms in total. The molecular formula is C15H26N2. The standard InChI is InChI=1S/C15H26N2/c1-6-15(4,10-16)11-17(5)14-8-12(2)7-13(3)9-14/h7-9H,6,10-11,16H2,1-5H3. The summed E-state index contributed by atoms with van der Waals surface area (Å²) in [6.45, 7) is 10.5. The van der Waals surface area contributed by atoms with Crippen molar-refractivity contribution in [2.45, 2.75) is 34.1 Å². The molecular weight excluding hydrogens is 208 g/mol. The molecule has 0 saturated carbocycles. The topological polar surface area (TPSA) is 29.3 Å². The zero-order valence-electron chi connectivity index (χ0n) is 11.9. The van der Waals surface area contributed by atoms with Gasteiger partial charge in [-0.3, -0.25) is 0 Å². The molecule has 0 radical (unpaired) electrons. The van der Waals surface area contributed by atoms with Gasteiger partial charge in [-0.2, -0.15) is 0 Å². The molecule has 17 heavy (non-hydrogen) atoms. The Bertz CT molecular complexity index is 347. The smallest absolute Gasteiger partial charge is 0.0369 e. The second-order valence-corrected chi connectivity index (χ2v) is 5.57. The Morgan fingerprint density at radius 2 is 1.71 bits per heavy atom. The summed E-state index contributed by atoms with van der Waals surface area (Å²) in [6, 6.07) is 6.68. The van der Waals surface area contributed by atoms with Crippen LogP contribution in [-0.4, -0.2) is 20.1 Å². The highest BCUT2D eigenvalue weighted by Crippen LogP contribution is 2.25. The van der Waals surface area contributed by atoms with Crippen molar-refractivity contribution in [2.24, 2.45) is 11.1 Å². The van der Waals surface area contributed by atoms with Gasteiger partial charge in [0.25, 0.3) is 0 Å². The van der Waals surface area contributed by atoms with Gasteiger partial charge in [-0.15, -0.1) is 0 Å². The van der Waals surface area contributed by atoms with Crippen LogP contribution >= 0.6 is 0 Å². The summed E-state index contributed by atoms with van der Waals surface area (Å²) in [5, 5.41) is 0. The van der Waals surface area contributed by atoms with Crippen molar-refractivity contribution in [3.63, 3.8) is 0 Å². The molecule has 0 saturated heterocycles. The summed E-state index contributed by atoms with van der Waals surface area (Å²) in [6.07, 6.45) is 1.11. The van der Waals surface area contributed by atoms with Crippen molar-refractivity contribution in [1.82, 2.24) is 0 Å². The van der Waals surface area contributed by atoms with Crippen LogP contribution in [0.2, 0.25) is 0 Å². The summed E-state index contributed by atoms with van der Waals surface area (Å²) in [5.74, 6) is 0. The van der Waals surface area contributed by atoms with Crippen LogP contribution in [0.4, 0.5) is 5.69 Å². The maximum Gasteiger partial charge on any atom is 0.0369 e. The molecule has 0 spiro atoms. The minimum Gasteiger partial charge on any atom is -0.374 e. The molecule has 0 aromatic heterocycles. The summed E-state index contributed by atoms with van der Waals surface area (Å²) < 4.78 is 0. The Balaban J connectivity index is 2.85. The first-order valence-corrected chi connectivity index (χ1v) is 6.40. The van der Waals surface area contributed by atoms with E-state index in [1.54, 1.807) is 0 Å². The van der Waals surface area contributed by atoms with Crippen molar-refractivity contribution in [3.05, 3.63) is 29.3 Å². The van der Waals surface area contributed by atoms with Crippen LogP contribution in [0.5, 0.6) is 0 Å². The Labute approximate surface area is 106 Å². The number of rotatable bonds is 5. The first kappa shape index (κ1) is 14.0. The highest BCUT2D eigenvalue weighted by atomic mass is 15.1. The lowest BCUT2D eigenvalue weighted by molar-refractivity contribution is 0.330. The highest BCUT2D eigenvalue weighted by molar-refractivity contribution is 5.50. The molecule has 2 N–H and O–H groups in total. The van der Waals surface area contributed by atoms with E-state index in [2.05, 4.69) is 57.8 Å². The van der Waals surface area contributed by atoms with Crippen LogP contribution in [-0.2, 0) is 0 Å². The maximum absolute atomic E-state index is 5.88. The SMILES string of the molecule is CCC(C)(CN)CN(C)c1cc(C)cc(C)c1. The minimum atomic E-state index is 0.201. The Morgan fingerprint density at radius 1 is 1.18 bits per heavy atom. The van der Waals surface area contributed by atoms with Gasteiger partial charge < -0.3 is 10.6 Å². The van der Waals surface area contributed by atoms with E-state index in [0.29, 0.717) is 0 Å². The molecule has 0 bridgehead atoms. The van der Waals surface area contributed by atoms with Crippen molar-refractivity contribution in [1.29, 1.82) is 0 Å². The van der Waals surface area contributed by atoms with Gasteiger partial charge in [0.1, 0.15) is 0 Å². The third-order valence-electron chi connectivity index (χ3n) is 3.61. The molecule has 96 valence electrons. The Kier molecular flexibility index (Phi) is 4.58. The zero-order valence-corrected chi connectivity index (χ0v) is 11.9. The van der Waals surface area contributed by atoms with Crippen LogP contribution < -0.4 is 10.6 Å². The second-order valence-electron chi connectivity index (χ2n) is 5.57. The summed E-state index contributed by atoms with van der Waals surface area (Å²) in [5.41, 5.74) is 10.0. The third-order valence-corrected chi connectivity index (χ3v) is 3.61. The predicted octanol–water partition coefficient (Wildman–Crippen LogP) is 3.11. The number of nitrogens with zero attached hydrogens (tertiary/aromatic N) is 1. The molecule has 0 aliphatic heterocycles. The van der Waals surface area contributed by atoms with E-state index >= 15 is 0 Å². The van der Waals surface area contributed by atoms with Gasteiger partial charge in [0.15, 0.2) is 0 Å². The number of anilines is 1. The second kappa shape index (κ2) is 5.54. The average Bonchev–Trinajstić information content (AvgIpc) is 2.27. The van der Waals surface area contributed by atoms with Gasteiger partial charge in [-0.1, -0.05) is 19.9 Å². The minimum absolute atomic E-state index is 0.201. The molecule has 0 aliphatic carbocycles. The van der Waals surface area contributed by atoms with Crippen molar-refractivity contribution in [3.8, 4) is 0 Å². The van der Waals surface area contributed by atoms with Crippen LogP contribution in [0.25, 0.3) is 0 Å². The largest absolute Gasteiger partial charge is 0.374 e. The zero-order chi connectivity index (χ0) is 13.1. The molecule has 0 aliphatic rings. The van der Waals surface area contributed by atoms with E-state index in [1.807, 2.05) is 0 Å². The van der Waals surface area contributed by atoms with Gasteiger partial charge in [0.2, 0.25) is 0 Å². The van der Waals surface area contributed by atoms with E-state index in [4.69, 9.17) is 5.73 Å². The van der Waals surface area contributed by atoms with E-state index in [-0.39, 0.29) is 5.41 Å². The number of benzene rings is 1. The number of aryl methyl sites for hydroxylation is 2. The molecule has 1 unspecified atom stereocenters. The summed E-state index contributed by atoms with van der Waals surface area (Å²) >= 11 is 0. The average molecular weight is 234 g/mol. The summed E-state index contributed by atoms with van der Waals surface area (Å²) in [7, 11) is 2.15. The molecule has 0 fully saturated rings. The summed E-state index contributed by atoms with van der Waals surface area (Å²) in [4.78, 5) is 2.32. The highest BCUT2D eigenvalue weighted by Gasteiger charge is 2.22. The van der Waals surface area contributed by atoms with E-state index in [9.17, 15) is 0 Å². The monoisotopic (exact) mass is 234 g/mol. The van der Waals surface area contributed by atoms with Crippen molar-refractivity contribution >= 4 is 5.69 Å². The quantitative estimate of drug-likeness (QED) is 0.848. The van der Waals surface area contributed by atoms with Gasteiger partial charge in [-0.05, 0) is 55.5 Å². The van der Waals surface area contributed by atoms with E-state index in [0.717, 1.165) is 19.5 Å². The molecule has 0 amide bonds. The molecule has 0 heterocycles. The van der Waals surface area contributed by atoms with Crippen LogP contribution in [0, 0.1) is 19.3 Å². The molecule has 1 atom stereocenters. The van der Waals surface area contributed by atoms with Gasteiger partial charge in [0, 0.05) is 19.3 Å². The van der Waals surface area contributed by atoms with Crippen molar-refractivity contribution < 1.29 is 0 Å². The molecule has 1 aromatic carbocycles. The van der Waals surface area contributed by atoms with Crippen LogP contribution in [0.1, 0.15) is 31.4 Å². The van der Waals surface area contributed by atoms with Gasteiger partial charge in [0.05, 0.1) is 0 Å². The van der Waals surface area contributed by atoms with Crippen LogP contribution in [0.3, 0.4) is 0 Å². The first-order chi connectivity index (χ1) is 7.90. The van der Waals surface area contributed by atoms with E-state index < -0.39 is 0 Å². The fraction of sp³-hybridized carbons (Fsp3) is 0.600. The van der Waals surface area contributed by atoms with Gasteiger partial charge >= 0.3 is 0 Å². The molecule has 2 heteroatoms. The van der Waals surface area contributed by atoms with Gasteiger partial charge in [-0.25, -0.2) is 0 Å². The lowest BCUT2D eigenvalue weighted by Gasteiger charge is -2.33. The molecule has 1 rings (SSSR count). The van der Waals surface area contributed by atoms with Crippen LogP contribution in [0.15, 0.2) is 18.2 Å². The normalized spacial score (nSPS) is 14.5. The number of hydrogen-bond acceptors (Lipinski definition) is 2. The number of nitrogens with two attached hydrogens (primary N) is 1. The first-order valence-electron chi connectivity index (χ1n) is 6.40. The lowest BCUT2D eigenvalue weighted by Crippen LogP contribution is -2.38.